The lowest BCUT2D eigenvalue weighted by Crippen LogP contribution is -2.48. The van der Waals surface area contributed by atoms with Crippen LogP contribution in [0.4, 0.5) is 5.69 Å². The van der Waals surface area contributed by atoms with Crippen molar-refractivity contribution in [1.82, 2.24) is 10.0 Å². The summed E-state index contributed by atoms with van der Waals surface area (Å²) in [5.74, 6) is -0.707. The van der Waals surface area contributed by atoms with E-state index in [-0.39, 0.29) is 22.6 Å². The first kappa shape index (κ1) is 25.9. The highest BCUT2D eigenvalue weighted by molar-refractivity contribution is 7.89. The maximum absolute atomic E-state index is 13.1. The third kappa shape index (κ3) is 7.65. The first-order valence-corrected chi connectivity index (χ1v) is 12.9. The van der Waals surface area contributed by atoms with Crippen molar-refractivity contribution >= 4 is 27.5 Å². The summed E-state index contributed by atoms with van der Waals surface area (Å²) < 4.78 is 32.9. The normalized spacial score (nSPS) is 16.0. The zero-order chi connectivity index (χ0) is 24.8. The van der Waals surface area contributed by atoms with Crippen LogP contribution in [0.25, 0.3) is 0 Å². The summed E-state index contributed by atoms with van der Waals surface area (Å²) in [6.07, 6.45) is 1.59. The summed E-state index contributed by atoms with van der Waals surface area (Å²) in [6, 6.07) is 14.7. The molecule has 3 rings (SSSR count). The van der Waals surface area contributed by atoms with Crippen LogP contribution in [0.3, 0.4) is 0 Å². The predicted octanol–water partition coefficient (Wildman–Crippen LogP) is 2.86. The Balaban J connectivity index is 1.72. The standard InChI is InChI=1S/C25H33N3O5S/c1-25(2,3)28-34(31,32)21-11-9-20(10-12-21)26-24(30)22(17-18-7-5-4-6-8-18)27-23(29)19-13-15-33-16-14-19/h4-12,19,22,28H,13-17H2,1-3H3,(H,26,30)(H,27,29)/t22-/m0/s1. The van der Waals surface area contributed by atoms with E-state index in [0.29, 0.717) is 38.2 Å². The molecular formula is C25H33N3O5S. The minimum atomic E-state index is -3.68. The van der Waals surface area contributed by atoms with Gasteiger partial charge in [-0.3, -0.25) is 9.59 Å². The third-order valence-corrected chi connectivity index (χ3v) is 7.15. The molecule has 1 aliphatic rings. The zero-order valence-corrected chi connectivity index (χ0v) is 20.7. The molecule has 34 heavy (non-hydrogen) atoms. The third-order valence-electron chi connectivity index (χ3n) is 5.38. The van der Waals surface area contributed by atoms with E-state index in [1.807, 2.05) is 30.3 Å². The lowest BCUT2D eigenvalue weighted by molar-refractivity contribution is -0.131. The first-order chi connectivity index (χ1) is 16.0. The van der Waals surface area contributed by atoms with Crippen LogP contribution < -0.4 is 15.4 Å². The molecule has 1 fully saturated rings. The molecule has 0 aromatic heterocycles. The molecule has 0 spiro atoms. The number of sulfonamides is 1. The molecule has 2 aromatic carbocycles. The number of ether oxygens (including phenoxy) is 1. The van der Waals surface area contributed by atoms with E-state index in [9.17, 15) is 18.0 Å². The van der Waals surface area contributed by atoms with Crippen LogP contribution in [0.1, 0.15) is 39.2 Å². The van der Waals surface area contributed by atoms with Crippen molar-refractivity contribution in [2.24, 2.45) is 5.92 Å². The number of rotatable bonds is 8. The average molecular weight is 488 g/mol. The van der Waals surface area contributed by atoms with E-state index >= 15 is 0 Å². The van der Waals surface area contributed by atoms with Gasteiger partial charge in [0.25, 0.3) is 0 Å². The Bertz CT molecular complexity index is 1070. The van der Waals surface area contributed by atoms with Gasteiger partial charge in [-0.15, -0.1) is 0 Å². The number of nitrogens with one attached hydrogen (secondary N) is 3. The molecule has 8 nitrogen and oxygen atoms in total. The molecule has 1 heterocycles. The minimum Gasteiger partial charge on any atom is -0.381 e. The number of amides is 2. The fraction of sp³-hybridized carbons (Fsp3) is 0.440. The van der Waals surface area contributed by atoms with Crippen molar-refractivity contribution in [1.29, 1.82) is 0 Å². The summed E-state index contributed by atoms with van der Waals surface area (Å²) in [5.41, 5.74) is 0.752. The van der Waals surface area contributed by atoms with E-state index in [2.05, 4.69) is 15.4 Å². The number of carbonyl (C=O) groups excluding carboxylic acids is 2. The molecule has 2 amide bonds. The highest BCUT2D eigenvalue weighted by atomic mass is 32.2. The molecule has 0 aliphatic carbocycles. The van der Waals surface area contributed by atoms with Gasteiger partial charge in [-0.2, -0.15) is 0 Å². The Morgan fingerprint density at radius 2 is 1.62 bits per heavy atom. The van der Waals surface area contributed by atoms with E-state index < -0.39 is 21.6 Å². The van der Waals surface area contributed by atoms with Gasteiger partial charge in [0.15, 0.2) is 0 Å². The number of hydrogen-bond acceptors (Lipinski definition) is 5. The van der Waals surface area contributed by atoms with E-state index in [0.717, 1.165) is 5.56 Å². The molecule has 0 unspecified atom stereocenters. The fourth-order valence-corrected chi connectivity index (χ4v) is 5.14. The van der Waals surface area contributed by atoms with Crippen LogP contribution in [-0.4, -0.2) is 45.0 Å². The first-order valence-electron chi connectivity index (χ1n) is 11.4. The van der Waals surface area contributed by atoms with Crippen LogP contribution in [0.15, 0.2) is 59.5 Å². The maximum Gasteiger partial charge on any atom is 0.247 e. The monoisotopic (exact) mass is 487 g/mol. The SMILES string of the molecule is CC(C)(C)NS(=O)(=O)c1ccc(NC(=O)[C@H](Cc2ccccc2)NC(=O)C2CCOCC2)cc1. The number of benzene rings is 2. The zero-order valence-electron chi connectivity index (χ0n) is 19.8. The molecule has 0 bridgehead atoms. The molecule has 1 atom stereocenters. The second-order valence-electron chi connectivity index (χ2n) is 9.51. The van der Waals surface area contributed by atoms with Crippen molar-refractivity contribution in [3.63, 3.8) is 0 Å². The molecule has 0 radical (unpaired) electrons. The molecule has 1 saturated heterocycles. The molecule has 9 heteroatoms. The summed E-state index contributed by atoms with van der Waals surface area (Å²) in [5, 5.41) is 5.71. The highest BCUT2D eigenvalue weighted by Crippen LogP contribution is 2.18. The van der Waals surface area contributed by atoms with Crippen molar-refractivity contribution in [3.8, 4) is 0 Å². The summed E-state index contributed by atoms with van der Waals surface area (Å²) >= 11 is 0. The highest BCUT2D eigenvalue weighted by Gasteiger charge is 2.27. The predicted molar refractivity (Wildman–Crippen MR) is 131 cm³/mol. The van der Waals surface area contributed by atoms with Crippen LogP contribution >= 0.6 is 0 Å². The van der Waals surface area contributed by atoms with E-state index in [1.54, 1.807) is 20.8 Å². The molecule has 1 aliphatic heterocycles. The lowest BCUT2D eigenvalue weighted by Gasteiger charge is -2.25. The maximum atomic E-state index is 13.1. The lowest BCUT2D eigenvalue weighted by atomic mass is 9.98. The van der Waals surface area contributed by atoms with Crippen LogP contribution in [-0.2, 0) is 30.8 Å². The quantitative estimate of drug-likeness (QED) is 0.530. The summed E-state index contributed by atoms with van der Waals surface area (Å²) in [4.78, 5) is 26.0. The van der Waals surface area contributed by atoms with Crippen molar-refractivity contribution in [2.45, 2.75) is 56.5 Å². The van der Waals surface area contributed by atoms with Gasteiger partial charge in [0.2, 0.25) is 21.8 Å². The smallest absolute Gasteiger partial charge is 0.247 e. The average Bonchev–Trinajstić information content (AvgIpc) is 2.78. The van der Waals surface area contributed by atoms with Gasteiger partial charge < -0.3 is 15.4 Å². The van der Waals surface area contributed by atoms with Gasteiger partial charge in [0.1, 0.15) is 6.04 Å². The minimum absolute atomic E-state index is 0.106. The van der Waals surface area contributed by atoms with Crippen LogP contribution in [0.5, 0.6) is 0 Å². The van der Waals surface area contributed by atoms with Gasteiger partial charge in [-0.05, 0) is 63.4 Å². The summed E-state index contributed by atoms with van der Waals surface area (Å²) in [7, 11) is -3.68. The van der Waals surface area contributed by atoms with Crippen LogP contribution in [0, 0.1) is 5.92 Å². The number of hydrogen-bond donors (Lipinski definition) is 3. The molecular weight excluding hydrogens is 454 g/mol. The Morgan fingerprint density at radius 1 is 1.00 bits per heavy atom. The second-order valence-corrected chi connectivity index (χ2v) is 11.2. The van der Waals surface area contributed by atoms with Crippen molar-refractivity contribution in [3.05, 3.63) is 60.2 Å². The second kappa shape index (κ2) is 11.1. The van der Waals surface area contributed by atoms with E-state index in [4.69, 9.17) is 4.74 Å². The molecule has 3 N–H and O–H groups in total. The van der Waals surface area contributed by atoms with Gasteiger partial charge in [0.05, 0.1) is 4.90 Å². The van der Waals surface area contributed by atoms with Crippen LogP contribution in [0.2, 0.25) is 0 Å². The Kier molecular flexibility index (Phi) is 8.46. The van der Waals surface area contributed by atoms with Gasteiger partial charge in [0, 0.05) is 36.8 Å². The topological polar surface area (TPSA) is 114 Å². The van der Waals surface area contributed by atoms with Gasteiger partial charge >= 0.3 is 0 Å². The largest absolute Gasteiger partial charge is 0.381 e. The molecule has 2 aromatic rings. The Morgan fingerprint density at radius 3 is 2.21 bits per heavy atom. The fourth-order valence-electron chi connectivity index (χ4n) is 3.72. The number of anilines is 1. The number of carbonyl (C=O) groups is 2. The molecule has 0 saturated carbocycles. The van der Waals surface area contributed by atoms with Crippen molar-refractivity contribution < 1.29 is 22.7 Å². The van der Waals surface area contributed by atoms with Gasteiger partial charge in [-0.25, -0.2) is 13.1 Å². The summed E-state index contributed by atoms with van der Waals surface area (Å²) in [6.45, 7) is 6.36. The van der Waals surface area contributed by atoms with Crippen molar-refractivity contribution in [2.75, 3.05) is 18.5 Å². The Labute approximate surface area is 201 Å². The van der Waals surface area contributed by atoms with E-state index in [1.165, 1.54) is 24.3 Å². The molecule has 184 valence electrons. The Hall–Kier alpha value is -2.75. The van der Waals surface area contributed by atoms with Gasteiger partial charge in [-0.1, -0.05) is 30.3 Å².